The van der Waals surface area contributed by atoms with Crippen molar-refractivity contribution in [2.24, 2.45) is 5.92 Å². The Kier molecular flexibility index (Phi) is 5.35. The van der Waals surface area contributed by atoms with E-state index in [2.05, 4.69) is 15.5 Å². The summed E-state index contributed by atoms with van der Waals surface area (Å²) < 4.78 is 0. The molecule has 8 heteroatoms. The minimum Gasteiger partial charge on any atom is -0.317 e. The summed E-state index contributed by atoms with van der Waals surface area (Å²) in [6.07, 6.45) is 4.72. The van der Waals surface area contributed by atoms with Gasteiger partial charge in [0.05, 0.1) is 11.1 Å². The topological polar surface area (TPSA) is 98.8 Å². The lowest BCUT2D eigenvalue weighted by molar-refractivity contribution is -0.136. The fraction of sp³-hybridized carbons (Fsp3) is 0.565. The highest BCUT2D eigenvalue weighted by atomic mass is 16.2. The Labute approximate surface area is 181 Å². The average molecular weight is 425 g/mol. The molecule has 4 amide bonds. The first kappa shape index (κ1) is 20.3. The van der Waals surface area contributed by atoms with Crippen LogP contribution in [0.5, 0.6) is 0 Å². The summed E-state index contributed by atoms with van der Waals surface area (Å²) >= 11 is 0. The SMILES string of the molecule is O=C1CCC(N2C(=O)c3ccc(CCC4CN(C5CCNCC5)C4)cc3C2=O)C(=O)N1. The monoisotopic (exact) mass is 424 g/mol. The van der Waals surface area contributed by atoms with Crippen molar-refractivity contribution >= 4 is 23.6 Å². The number of hydrogen-bond acceptors (Lipinski definition) is 6. The van der Waals surface area contributed by atoms with Crippen LogP contribution < -0.4 is 10.6 Å². The fourth-order valence-corrected chi connectivity index (χ4v) is 5.31. The maximum absolute atomic E-state index is 12.9. The lowest BCUT2D eigenvalue weighted by Crippen LogP contribution is -2.54. The van der Waals surface area contributed by atoms with Gasteiger partial charge >= 0.3 is 0 Å². The second kappa shape index (κ2) is 8.16. The van der Waals surface area contributed by atoms with E-state index in [9.17, 15) is 19.2 Å². The number of amides is 4. The van der Waals surface area contributed by atoms with E-state index in [1.54, 1.807) is 6.07 Å². The van der Waals surface area contributed by atoms with E-state index in [1.807, 2.05) is 12.1 Å². The van der Waals surface area contributed by atoms with E-state index in [4.69, 9.17) is 0 Å². The minimum absolute atomic E-state index is 0.130. The van der Waals surface area contributed by atoms with Crippen LogP contribution in [0, 0.1) is 5.92 Å². The number of fused-ring (bicyclic) bond motifs is 1. The second-order valence-corrected chi connectivity index (χ2v) is 9.17. The van der Waals surface area contributed by atoms with Crippen molar-refractivity contribution in [3.63, 3.8) is 0 Å². The molecule has 0 spiro atoms. The number of hydrogen-bond donors (Lipinski definition) is 2. The summed E-state index contributed by atoms with van der Waals surface area (Å²) in [5, 5.41) is 5.64. The molecule has 1 aromatic rings. The number of nitrogens with one attached hydrogen (secondary N) is 2. The number of likely N-dealkylation sites (tertiary alicyclic amines) is 1. The average Bonchev–Trinajstić information content (AvgIpc) is 2.98. The van der Waals surface area contributed by atoms with Crippen LogP contribution in [-0.2, 0) is 16.0 Å². The first-order chi connectivity index (χ1) is 15.0. The molecule has 31 heavy (non-hydrogen) atoms. The van der Waals surface area contributed by atoms with E-state index < -0.39 is 23.8 Å². The van der Waals surface area contributed by atoms with Gasteiger partial charge in [0, 0.05) is 25.6 Å². The molecule has 3 fully saturated rings. The molecule has 0 radical (unpaired) electrons. The summed E-state index contributed by atoms with van der Waals surface area (Å²) in [5.41, 5.74) is 1.77. The molecule has 4 heterocycles. The lowest BCUT2D eigenvalue weighted by atomic mass is 9.89. The highest BCUT2D eigenvalue weighted by Gasteiger charge is 2.44. The van der Waals surface area contributed by atoms with Gasteiger partial charge in [-0.15, -0.1) is 0 Å². The fourth-order valence-electron chi connectivity index (χ4n) is 5.31. The van der Waals surface area contributed by atoms with Gasteiger partial charge in [-0.2, -0.15) is 0 Å². The summed E-state index contributed by atoms with van der Waals surface area (Å²) in [6, 6.07) is 5.24. The van der Waals surface area contributed by atoms with Crippen LogP contribution in [0.15, 0.2) is 18.2 Å². The van der Waals surface area contributed by atoms with Crippen LogP contribution in [0.25, 0.3) is 0 Å². The number of carbonyl (C=O) groups is 4. The number of carbonyl (C=O) groups excluding carboxylic acids is 4. The number of nitrogens with zero attached hydrogens (tertiary/aromatic N) is 2. The molecule has 0 aromatic heterocycles. The van der Waals surface area contributed by atoms with Crippen LogP contribution in [0.2, 0.25) is 0 Å². The van der Waals surface area contributed by atoms with Crippen molar-refractivity contribution in [1.82, 2.24) is 20.4 Å². The quantitative estimate of drug-likeness (QED) is 0.676. The van der Waals surface area contributed by atoms with Crippen molar-refractivity contribution in [2.75, 3.05) is 26.2 Å². The third-order valence-corrected chi connectivity index (χ3v) is 7.16. The summed E-state index contributed by atoms with van der Waals surface area (Å²) in [6.45, 7) is 4.53. The van der Waals surface area contributed by atoms with Gasteiger partial charge in [0.2, 0.25) is 11.8 Å². The Bertz CT molecular complexity index is 934. The molecule has 0 saturated carbocycles. The van der Waals surface area contributed by atoms with Crippen LogP contribution in [0.4, 0.5) is 0 Å². The molecule has 0 bridgehead atoms. The molecule has 1 atom stereocenters. The summed E-state index contributed by atoms with van der Waals surface area (Å²) in [4.78, 5) is 52.9. The molecule has 0 aliphatic carbocycles. The Morgan fingerprint density at radius 2 is 1.68 bits per heavy atom. The van der Waals surface area contributed by atoms with Gasteiger partial charge in [-0.25, -0.2) is 0 Å². The molecular weight excluding hydrogens is 396 g/mol. The highest BCUT2D eigenvalue weighted by Crippen LogP contribution is 2.30. The van der Waals surface area contributed by atoms with E-state index in [0.29, 0.717) is 17.0 Å². The van der Waals surface area contributed by atoms with Gasteiger partial charge < -0.3 is 5.32 Å². The standard InChI is InChI=1S/C23H28N4O4/c28-20-6-5-19(21(29)25-20)27-22(30)17-4-3-14(11-18(17)23(27)31)1-2-15-12-26(13-15)16-7-9-24-10-8-16/h3-4,11,15-16,19,24H,1-2,5-10,12-13H2,(H,25,28,29). The third-order valence-electron chi connectivity index (χ3n) is 7.16. The second-order valence-electron chi connectivity index (χ2n) is 9.17. The van der Waals surface area contributed by atoms with Crippen LogP contribution >= 0.6 is 0 Å². The molecule has 3 saturated heterocycles. The predicted octanol–water partition coefficient (Wildman–Crippen LogP) is 0.704. The van der Waals surface area contributed by atoms with Crippen molar-refractivity contribution in [1.29, 1.82) is 0 Å². The first-order valence-electron chi connectivity index (χ1n) is 11.3. The van der Waals surface area contributed by atoms with Gasteiger partial charge in [-0.05, 0) is 68.8 Å². The number of imide groups is 2. The number of piperidine rings is 2. The van der Waals surface area contributed by atoms with E-state index in [-0.39, 0.29) is 18.7 Å². The summed E-state index contributed by atoms with van der Waals surface area (Å²) in [5.74, 6) is -1.14. The van der Waals surface area contributed by atoms with Gasteiger partial charge in [-0.3, -0.25) is 34.3 Å². The largest absolute Gasteiger partial charge is 0.317 e. The Morgan fingerprint density at radius 3 is 2.42 bits per heavy atom. The van der Waals surface area contributed by atoms with Gasteiger partial charge in [-0.1, -0.05) is 6.07 Å². The van der Waals surface area contributed by atoms with Gasteiger partial charge in [0.1, 0.15) is 6.04 Å². The van der Waals surface area contributed by atoms with Crippen LogP contribution in [0.3, 0.4) is 0 Å². The van der Waals surface area contributed by atoms with Crippen molar-refractivity contribution in [3.05, 3.63) is 34.9 Å². The number of aryl methyl sites for hydroxylation is 1. The Hall–Kier alpha value is -2.58. The zero-order valence-corrected chi connectivity index (χ0v) is 17.6. The first-order valence-corrected chi connectivity index (χ1v) is 11.3. The molecule has 8 nitrogen and oxygen atoms in total. The normalized spacial score (nSPS) is 25.5. The molecule has 5 rings (SSSR count). The smallest absolute Gasteiger partial charge is 0.262 e. The molecule has 2 N–H and O–H groups in total. The lowest BCUT2D eigenvalue weighted by Gasteiger charge is -2.46. The van der Waals surface area contributed by atoms with Crippen LogP contribution in [0.1, 0.15) is 58.4 Å². The Balaban J connectivity index is 1.20. The zero-order chi connectivity index (χ0) is 21.5. The molecule has 4 aliphatic rings. The van der Waals surface area contributed by atoms with Crippen molar-refractivity contribution < 1.29 is 19.2 Å². The predicted molar refractivity (Wildman–Crippen MR) is 112 cm³/mol. The van der Waals surface area contributed by atoms with Gasteiger partial charge in [0.15, 0.2) is 0 Å². The summed E-state index contributed by atoms with van der Waals surface area (Å²) in [7, 11) is 0. The minimum atomic E-state index is -0.913. The molecule has 164 valence electrons. The number of benzene rings is 1. The maximum Gasteiger partial charge on any atom is 0.262 e. The van der Waals surface area contributed by atoms with E-state index >= 15 is 0 Å². The number of rotatable bonds is 5. The molecular formula is C23H28N4O4. The third kappa shape index (κ3) is 3.78. The van der Waals surface area contributed by atoms with E-state index in [0.717, 1.165) is 55.5 Å². The maximum atomic E-state index is 12.9. The van der Waals surface area contributed by atoms with Crippen molar-refractivity contribution in [2.45, 2.75) is 50.6 Å². The van der Waals surface area contributed by atoms with Crippen LogP contribution in [-0.4, -0.2) is 71.7 Å². The molecule has 1 aromatic carbocycles. The van der Waals surface area contributed by atoms with Gasteiger partial charge in [0.25, 0.3) is 11.8 Å². The molecule has 4 aliphatic heterocycles. The van der Waals surface area contributed by atoms with Crippen molar-refractivity contribution in [3.8, 4) is 0 Å². The van der Waals surface area contributed by atoms with E-state index in [1.165, 1.54) is 12.8 Å². The zero-order valence-electron chi connectivity index (χ0n) is 17.6. The highest BCUT2D eigenvalue weighted by molar-refractivity contribution is 6.23. The molecule has 1 unspecified atom stereocenters. The Morgan fingerprint density at radius 1 is 0.935 bits per heavy atom.